The van der Waals surface area contributed by atoms with Crippen LogP contribution in [-0.2, 0) is 19.2 Å². The zero-order chi connectivity index (χ0) is 20.1. The Hall–Kier alpha value is -3.23. The van der Waals surface area contributed by atoms with Gasteiger partial charge in [-0.1, -0.05) is 18.2 Å². The van der Waals surface area contributed by atoms with Gasteiger partial charge in [-0.3, -0.25) is 24.2 Å². The van der Waals surface area contributed by atoms with E-state index in [1.165, 1.54) is 5.01 Å². The number of amides is 4. The Kier molecular flexibility index (Phi) is 6.03. The maximum atomic E-state index is 13.1. The number of nitrogens with zero attached hydrogens (tertiary/aromatic N) is 2. The van der Waals surface area contributed by atoms with Gasteiger partial charge in [0.15, 0.2) is 0 Å². The zero-order valence-corrected chi connectivity index (χ0v) is 15.3. The smallest absolute Gasteiger partial charge is 0.264 e. The fourth-order valence-corrected chi connectivity index (χ4v) is 3.50. The molecule has 28 heavy (non-hydrogen) atoms. The normalized spacial score (nSPS) is 22.1. The molecule has 2 heterocycles. The van der Waals surface area contributed by atoms with Crippen molar-refractivity contribution in [3.05, 3.63) is 35.9 Å². The standard InChI is InChI=1S/C19H22N4O5/c24-12-10-20-18(27)15-7-4-11-22-16(25)9-8-14(19(28)23(15)22)21-17(26)13-5-2-1-3-6-13/h1-3,5-6,12,14-15H,4,7-11H2,(H,20,27)(H,21,26)/t14?,15-/m0/s1. The Morgan fingerprint density at radius 1 is 1.14 bits per heavy atom. The second kappa shape index (κ2) is 8.64. The zero-order valence-electron chi connectivity index (χ0n) is 15.3. The minimum Gasteiger partial charge on any atom is -0.347 e. The summed E-state index contributed by atoms with van der Waals surface area (Å²) in [4.78, 5) is 61.1. The minimum atomic E-state index is -0.916. The van der Waals surface area contributed by atoms with Crippen molar-refractivity contribution < 1.29 is 24.0 Å². The van der Waals surface area contributed by atoms with E-state index in [0.29, 0.717) is 31.2 Å². The number of hydrogen-bond donors (Lipinski definition) is 2. The molecule has 2 fully saturated rings. The van der Waals surface area contributed by atoms with Gasteiger partial charge >= 0.3 is 0 Å². The summed E-state index contributed by atoms with van der Waals surface area (Å²) in [5.74, 6) is -1.68. The van der Waals surface area contributed by atoms with Crippen molar-refractivity contribution in [2.45, 2.75) is 37.8 Å². The van der Waals surface area contributed by atoms with Gasteiger partial charge in [-0.05, 0) is 31.4 Å². The molecule has 1 aromatic carbocycles. The lowest BCUT2D eigenvalue weighted by atomic mass is 10.1. The molecule has 0 saturated carbocycles. The van der Waals surface area contributed by atoms with Gasteiger partial charge < -0.3 is 15.4 Å². The summed E-state index contributed by atoms with van der Waals surface area (Å²) in [5, 5.41) is 7.59. The third-order valence-electron chi connectivity index (χ3n) is 4.87. The molecule has 0 aliphatic carbocycles. The lowest BCUT2D eigenvalue weighted by Crippen LogP contribution is -2.63. The molecular formula is C19H22N4O5. The first-order valence-corrected chi connectivity index (χ1v) is 9.23. The molecule has 9 nitrogen and oxygen atoms in total. The van der Waals surface area contributed by atoms with E-state index in [-0.39, 0.29) is 25.3 Å². The van der Waals surface area contributed by atoms with Crippen LogP contribution < -0.4 is 10.6 Å². The molecule has 2 aliphatic rings. The molecular weight excluding hydrogens is 364 g/mol. The number of aldehydes is 1. The molecule has 3 rings (SSSR count). The van der Waals surface area contributed by atoms with E-state index in [9.17, 15) is 24.0 Å². The summed E-state index contributed by atoms with van der Waals surface area (Å²) in [6.07, 6.45) is 1.74. The van der Waals surface area contributed by atoms with Crippen molar-refractivity contribution in [3.63, 3.8) is 0 Å². The molecule has 2 saturated heterocycles. The molecule has 0 bridgehead atoms. The monoisotopic (exact) mass is 386 g/mol. The molecule has 2 N–H and O–H groups in total. The number of benzene rings is 1. The van der Waals surface area contributed by atoms with Gasteiger partial charge in [0.05, 0.1) is 6.54 Å². The molecule has 4 amide bonds. The van der Waals surface area contributed by atoms with Crippen LogP contribution in [0.2, 0.25) is 0 Å². The van der Waals surface area contributed by atoms with Gasteiger partial charge in [0, 0.05) is 18.5 Å². The highest BCUT2D eigenvalue weighted by molar-refractivity contribution is 5.99. The summed E-state index contributed by atoms with van der Waals surface area (Å²) in [6.45, 7) is 0.168. The maximum absolute atomic E-state index is 13.1. The van der Waals surface area contributed by atoms with E-state index < -0.39 is 29.8 Å². The largest absolute Gasteiger partial charge is 0.347 e. The van der Waals surface area contributed by atoms with Gasteiger partial charge in [0.2, 0.25) is 11.8 Å². The van der Waals surface area contributed by atoms with Crippen molar-refractivity contribution in [2.75, 3.05) is 13.1 Å². The van der Waals surface area contributed by atoms with Crippen LogP contribution >= 0.6 is 0 Å². The number of carbonyl (C=O) groups excluding carboxylic acids is 5. The lowest BCUT2D eigenvalue weighted by molar-refractivity contribution is -0.176. The number of nitrogens with one attached hydrogen (secondary N) is 2. The third-order valence-corrected chi connectivity index (χ3v) is 4.87. The third kappa shape index (κ3) is 4.03. The number of fused-ring (bicyclic) bond motifs is 1. The van der Waals surface area contributed by atoms with Crippen LogP contribution in [0, 0.1) is 0 Å². The van der Waals surface area contributed by atoms with Crippen molar-refractivity contribution in [1.82, 2.24) is 20.7 Å². The van der Waals surface area contributed by atoms with Crippen LogP contribution in [0.5, 0.6) is 0 Å². The molecule has 0 spiro atoms. The Morgan fingerprint density at radius 3 is 2.61 bits per heavy atom. The van der Waals surface area contributed by atoms with E-state index in [1.807, 2.05) is 0 Å². The van der Waals surface area contributed by atoms with Crippen LogP contribution in [-0.4, -0.2) is 65.1 Å². The molecule has 148 valence electrons. The predicted octanol–water partition coefficient (Wildman–Crippen LogP) is -0.371. The summed E-state index contributed by atoms with van der Waals surface area (Å²) in [7, 11) is 0. The highest BCUT2D eigenvalue weighted by atomic mass is 16.2. The van der Waals surface area contributed by atoms with Crippen LogP contribution in [0.4, 0.5) is 0 Å². The topological polar surface area (TPSA) is 116 Å². The first kappa shape index (κ1) is 19.5. The van der Waals surface area contributed by atoms with Gasteiger partial charge in [-0.2, -0.15) is 0 Å². The first-order valence-electron chi connectivity index (χ1n) is 9.23. The number of hydrogen-bond acceptors (Lipinski definition) is 5. The maximum Gasteiger partial charge on any atom is 0.264 e. The Morgan fingerprint density at radius 2 is 1.89 bits per heavy atom. The van der Waals surface area contributed by atoms with Gasteiger partial charge in [-0.15, -0.1) is 0 Å². The highest BCUT2D eigenvalue weighted by Crippen LogP contribution is 2.25. The van der Waals surface area contributed by atoms with Gasteiger partial charge in [0.25, 0.3) is 11.8 Å². The van der Waals surface area contributed by atoms with Crippen LogP contribution in [0.3, 0.4) is 0 Å². The fourth-order valence-electron chi connectivity index (χ4n) is 3.50. The van der Waals surface area contributed by atoms with Crippen molar-refractivity contribution >= 4 is 29.9 Å². The van der Waals surface area contributed by atoms with E-state index >= 15 is 0 Å². The van der Waals surface area contributed by atoms with Gasteiger partial charge in [-0.25, -0.2) is 5.01 Å². The Balaban J connectivity index is 1.82. The van der Waals surface area contributed by atoms with E-state index in [0.717, 1.165) is 5.01 Å². The van der Waals surface area contributed by atoms with E-state index in [4.69, 9.17) is 0 Å². The fraction of sp³-hybridized carbons (Fsp3) is 0.421. The quantitative estimate of drug-likeness (QED) is 0.670. The minimum absolute atomic E-state index is 0.0879. The van der Waals surface area contributed by atoms with Crippen molar-refractivity contribution in [1.29, 1.82) is 0 Å². The Bertz CT molecular complexity index is 782. The van der Waals surface area contributed by atoms with E-state index in [1.54, 1.807) is 30.3 Å². The molecule has 2 aliphatic heterocycles. The lowest BCUT2D eigenvalue weighted by Gasteiger charge is -2.42. The average molecular weight is 386 g/mol. The summed E-state index contributed by atoms with van der Waals surface area (Å²) in [5.41, 5.74) is 0.404. The second-order valence-electron chi connectivity index (χ2n) is 6.70. The predicted molar refractivity (Wildman–Crippen MR) is 97.6 cm³/mol. The first-order chi connectivity index (χ1) is 13.5. The molecule has 1 unspecified atom stereocenters. The molecule has 0 aromatic heterocycles. The van der Waals surface area contributed by atoms with Crippen LogP contribution in [0.15, 0.2) is 30.3 Å². The number of rotatable bonds is 5. The molecule has 1 aromatic rings. The van der Waals surface area contributed by atoms with Gasteiger partial charge in [0.1, 0.15) is 18.4 Å². The van der Waals surface area contributed by atoms with Crippen molar-refractivity contribution in [3.8, 4) is 0 Å². The summed E-state index contributed by atoms with van der Waals surface area (Å²) in [6, 6.07) is 6.66. The van der Waals surface area contributed by atoms with Crippen LogP contribution in [0.25, 0.3) is 0 Å². The van der Waals surface area contributed by atoms with Crippen LogP contribution in [0.1, 0.15) is 36.0 Å². The van der Waals surface area contributed by atoms with E-state index in [2.05, 4.69) is 10.6 Å². The van der Waals surface area contributed by atoms with Crippen molar-refractivity contribution in [2.24, 2.45) is 0 Å². The Labute approximate surface area is 162 Å². The molecule has 2 atom stereocenters. The second-order valence-corrected chi connectivity index (χ2v) is 6.70. The molecule has 9 heteroatoms. The summed E-state index contributed by atoms with van der Waals surface area (Å²) >= 11 is 0. The summed E-state index contributed by atoms with van der Waals surface area (Å²) < 4.78 is 0. The number of hydrazine groups is 1. The average Bonchev–Trinajstić information content (AvgIpc) is 2.84. The molecule has 0 radical (unpaired) electrons. The SMILES string of the molecule is O=CCNC(=O)[C@@H]1CCCN2C(=O)CCC(NC(=O)c3ccccc3)C(=O)N12. The number of carbonyl (C=O) groups is 5. The highest BCUT2D eigenvalue weighted by Gasteiger charge is 2.44.